The number of nitrogen functional groups attached to an aromatic ring is 1. The van der Waals surface area contributed by atoms with Crippen molar-refractivity contribution < 1.29 is 0 Å². The minimum Gasteiger partial charge on any atom is -0.374 e. The summed E-state index contributed by atoms with van der Waals surface area (Å²) in [5.74, 6) is 2.54. The molecule has 1 aliphatic rings. The summed E-state index contributed by atoms with van der Waals surface area (Å²) in [6, 6.07) is 0.699. The summed E-state index contributed by atoms with van der Waals surface area (Å²) in [6.07, 6.45) is 2.24. The van der Waals surface area contributed by atoms with E-state index in [1.807, 2.05) is 11.8 Å². The average Bonchev–Trinajstić information content (AvgIpc) is 2.77. The van der Waals surface area contributed by atoms with Gasteiger partial charge in [-0.1, -0.05) is 11.3 Å². The second-order valence-electron chi connectivity index (χ2n) is 3.30. The average molecular weight is 230 g/mol. The SMILES string of the molecule is Nc1nnc(CCN[C@@H]2CCSC2)s1. The Morgan fingerprint density at radius 1 is 1.50 bits per heavy atom. The molecule has 1 fully saturated rings. The topological polar surface area (TPSA) is 63.8 Å². The number of aromatic nitrogens is 2. The third-order valence-corrected chi connectivity index (χ3v) is 4.16. The van der Waals surface area contributed by atoms with Crippen LogP contribution < -0.4 is 11.1 Å². The van der Waals surface area contributed by atoms with Crippen LogP contribution in [0, 0.1) is 0 Å². The highest BCUT2D eigenvalue weighted by atomic mass is 32.2. The van der Waals surface area contributed by atoms with E-state index in [1.165, 1.54) is 29.3 Å². The molecule has 1 atom stereocenters. The van der Waals surface area contributed by atoms with Gasteiger partial charge in [0.2, 0.25) is 5.13 Å². The fourth-order valence-electron chi connectivity index (χ4n) is 1.45. The summed E-state index contributed by atoms with van der Waals surface area (Å²) in [5, 5.41) is 12.9. The standard InChI is InChI=1S/C8H14N4S2/c9-8-12-11-7(14-8)1-3-10-6-2-4-13-5-6/h6,10H,1-5H2,(H2,9,12)/t6-/m1/s1. The Hall–Kier alpha value is -0.330. The zero-order valence-corrected chi connectivity index (χ0v) is 9.53. The summed E-state index contributed by atoms with van der Waals surface area (Å²) >= 11 is 3.51. The fourth-order valence-corrected chi connectivity index (χ4v) is 3.24. The van der Waals surface area contributed by atoms with Crippen molar-refractivity contribution in [3.8, 4) is 0 Å². The van der Waals surface area contributed by atoms with Crippen LogP contribution in [0.2, 0.25) is 0 Å². The Kier molecular flexibility index (Phi) is 3.61. The lowest BCUT2D eigenvalue weighted by Crippen LogP contribution is -2.30. The van der Waals surface area contributed by atoms with Crippen LogP contribution >= 0.6 is 23.1 Å². The van der Waals surface area contributed by atoms with Gasteiger partial charge in [-0.2, -0.15) is 11.8 Å². The molecule has 1 aromatic rings. The molecule has 0 unspecified atom stereocenters. The molecule has 6 heteroatoms. The van der Waals surface area contributed by atoms with Crippen molar-refractivity contribution >= 4 is 28.2 Å². The molecular weight excluding hydrogens is 216 g/mol. The number of nitrogens with two attached hydrogens (primary N) is 1. The normalized spacial score (nSPS) is 21.6. The molecule has 4 nitrogen and oxygen atoms in total. The second kappa shape index (κ2) is 4.95. The van der Waals surface area contributed by atoms with E-state index >= 15 is 0 Å². The number of hydrogen-bond donors (Lipinski definition) is 2. The summed E-state index contributed by atoms with van der Waals surface area (Å²) in [6.45, 7) is 0.986. The predicted molar refractivity (Wildman–Crippen MR) is 61.8 cm³/mol. The molecule has 1 aliphatic heterocycles. The van der Waals surface area contributed by atoms with Gasteiger partial charge >= 0.3 is 0 Å². The number of nitrogens with one attached hydrogen (secondary N) is 1. The smallest absolute Gasteiger partial charge is 0.203 e. The largest absolute Gasteiger partial charge is 0.374 e. The number of nitrogens with zero attached hydrogens (tertiary/aromatic N) is 2. The van der Waals surface area contributed by atoms with Crippen LogP contribution in [0.5, 0.6) is 0 Å². The van der Waals surface area contributed by atoms with Crippen molar-refractivity contribution in [1.82, 2.24) is 15.5 Å². The van der Waals surface area contributed by atoms with Gasteiger partial charge in [-0.05, 0) is 12.2 Å². The third-order valence-electron chi connectivity index (χ3n) is 2.18. The molecule has 0 bridgehead atoms. The molecule has 2 rings (SSSR count). The number of hydrogen-bond acceptors (Lipinski definition) is 6. The van der Waals surface area contributed by atoms with Crippen molar-refractivity contribution in [2.24, 2.45) is 0 Å². The van der Waals surface area contributed by atoms with Gasteiger partial charge in [0.25, 0.3) is 0 Å². The first-order valence-electron chi connectivity index (χ1n) is 4.73. The molecule has 0 saturated carbocycles. The van der Waals surface area contributed by atoms with Crippen molar-refractivity contribution in [3.05, 3.63) is 5.01 Å². The molecule has 78 valence electrons. The Morgan fingerprint density at radius 2 is 2.43 bits per heavy atom. The fraction of sp³-hybridized carbons (Fsp3) is 0.750. The van der Waals surface area contributed by atoms with Gasteiger partial charge in [0, 0.05) is 24.8 Å². The van der Waals surface area contributed by atoms with Crippen molar-refractivity contribution in [2.45, 2.75) is 18.9 Å². The molecule has 0 spiro atoms. The van der Waals surface area contributed by atoms with Gasteiger partial charge in [-0.25, -0.2) is 0 Å². The van der Waals surface area contributed by atoms with Crippen LogP contribution in [0.4, 0.5) is 5.13 Å². The highest BCUT2D eigenvalue weighted by Gasteiger charge is 2.14. The first kappa shape index (κ1) is 10.2. The monoisotopic (exact) mass is 230 g/mol. The van der Waals surface area contributed by atoms with Crippen LogP contribution in [0.15, 0.2) is 0 Å². The molecule has 2 heterocycles. The maximum atomic E-state index is 5.49. The van der Waals surface area contributed by atoms with E-state index in [2.05, 4.69) is 15.5 Å². The van der Waals surface area contributed by atoms with Crippen LogP contribution in [0.3, 0.4) is 0 Å². The molecule has 1 saturated heterocycles. The lowest BCUT2D eigenvalue weighted by molar-refractivity contribution is 0.559. The van der Waals surface area contributed by atoms with Crippen LogP contribution in [0.25, 0.3) is 0 Å². The van der Waals surface area contributed by atoms with Gasteiger partial charge in [0.15, 0.2) is 0 Å². The van der Waals surface area contributed by atoms with Crippen LogP contribution in [-0.4, -0.2) is 34.3 Å². The zero-order chi connectivity index (χ0) is 9.80. The molecular formula is C8H14N4S2. The molecule has 0 amide bonds. The Morgan fingerprint density at radius 3 is 3.07 bits per heavy atom. The maximum absolute atomic E-state index is 5.49. The Labute approximate surface area is 91.7 Å². The summed E-state index contributed by atoms with van der Waals surface area (Å²) in [4.78, 5) is 0. The van der Waals surface area contributed by atoms with E-state index in [-0.39, 0.29) is 0 Å². The zero-order valence-electron chi connectivity index (χ0n) is 7.90. The van der Waals surface area contributed by atoms with Crippen LogP contribution in [0.1, 0.15) is 11.4 Å². The van der Waals surface area contributed by atoms with Gasteiger partial charge in [0.05, 0.1) is 0 Å². The van der Waals surface area contributed by atoms with Crippen molar-refractivity contribution in [2.75, 3.05) is 23.8 Å². The Bertz CT molecular complexity index is 283. The van der Waals surface area contributed by atoms with E-state index in [0.29, 0.717) is 11.2 Å². The number of anilines is 1. The molecule has 14 heavy (non-hydrogen) atoms. The molecule has 0 radical (unpaired) electrons. The predicted octanol–water partition coefficient (Wildman–Crippen LogP) is 0.758. The van der Waals surface area contributed by atoms with E-state index in [0.717, 1.165) is 18.0 Å². The van der Waals surface area contributed by atoms with Crippen LogP contribution in [-0.2, 0) is 6.42 Å². The number of thioether (sulfide) groups is 1. The number of rotatable bonds is 4. The third kappa shape index (κ3) is 2.83. The summed E-state index contributed by atoms with van der Waals surface area (Å²) in [7, 11) is 0. The van der Waals surface area contributed by atoms with Gasteiger partial charge in [0.1, 0.15) is 5.01 Å². The first-order valence-corrected chi connectivity index (χ1v) is 6.70. The summed E-state index contributed by atoms with van der Waals surface area (Å²) < 4.78 is 0. The van der Waals surface area contributed by atoms with Crippen molar-refractivity contribution in [3.63, 3.8) is 0 Å². The molecule has 0 aromatic carbocycles. The maximum Gasteiger partial charge on any atom is 0.203 e. The van der Waals surface area contributed by atoms with Crippen molar-refractivity contribution in [1.29, 1.82) is 0 Å². The Balaban J connectivity index is 1.67. The molecule has 0 aliphatic carbocycles. The summed E-state index contributed by atoms with van der Waals surface area (Å²) in [5.41, 5.74) is 5.49. The van der Waals surface area contributed by atoms with E-state index < -0.39 is 0 Å². The quantitative estimate of drug-likeness (QED) is 0.799. The van der Waals surface area contributed by atoms with Gasteiger partial charge in [-0.15, -0.1) is 10.2 Å². The minimum absolute atomic E-state index is 0.566. The molecule has 3 N–H and O–H groups in total. The van der Waals surface area contributed by atoms with E-state index in [4.69, 9.17) is 5.73 Å². The van der Waals surface area contributed by atoms with Gasteiger partial charge < -0.3 is 11.1 Å². The van der Waals surface area contributed by atoms with E-state index in [1.54, 1.807) is 0 Å². The highest BCUT2D eigenvalue weighted by Crippen LogP contribution is 2.17. The molecule has 1 aromatic heterocycles. The van der Waals surface area contributed by atoms with Gasteiger partial charge in [-0.3, -0.25) is 0 Å². The second-order valence-corrected chi connectivity index (χ2v) is 5.54. The highest BCUT2D eigenvalue weighted by molar-refractivity contribution is 7.99. The first-order chi connectivity index (χ1) is 6.84. The lowest BCUT2D eigenvalue weighted by Gasteiger charge is -2.09. The minimum atomic E-state index is 0.566. The van der Waals surface area contributed by atoms with E-state index in [9.17, 15) is 0 Å². The lowest BCUT2D eigenvalue weighted by atomic mass is 10.2.